The average molecular weight is 382 g/mol. The van der Waals surface area contributed by atoms with Gasteiger partial charge in [-0.05, 0) is 45.9 Å². The highest BCUT2D eigenvalue weighted by molar-refractivity contribution is 9.10. The first-order valence-corrected chi connectivity index (χ1v) is 8.03. The Labute approximate surface area is 119 Å². The highest BCUT2D eigenvalue weighted by Gasteiger charge is 2.27. The fourth-order valence-corrected chi connectivity index (χ4v) is 2.92. The smallest absolute Gasteiger partial charge is 0.210 e. The van der Waals surface area contributed by atoms with Gasteiger partial charge in [-0.3, -0.25) is 0 Å². The summed E-state index contributed by atoms with van der Waals surface area (Å²) in [5.74, 6) is -1.23. The normalized spacial score (nSPS) is 12.7. The summed E-state index contributed by atoms with van der Waals surface area (Å²) in [4.78, 5) is -0.342. The number of hydrogen-bond acceptors (Lipinski definition) is 3. The topological polar surface area (TPSA) is 46.2 Å². The molecule has 1 N–H and O–H groups in total. The summed E-state index contributed by atoms with van der Waals surface area (Å²) in [6.45, 7) is -0.399. The van der Waals surface area contributed by atoms with Gasteiger partial charge in [-0.1, -0.05) is 0 Å². The van der Waals surface area contributed by atoms with Crippen molar-refractivity contribution in [2.45, 2.75) is 10.4 Å². The van der Waals surface area contributed by atoms with Gasteiger partial charge in [-0.15, -0.1) is 0 Å². The molecule has 19 heavy (non-hydrogen) atoms. The number of nitrogens with one attached hydrogen (secondary N) is 1. The molecule has 10 heteroatoms. The van der Waals surface area contributed by atoms with Crippen LogP contribution in [0.15, 0.2) is 27.6 Å². The van der Waals surface area contributed by atoms with Crippen molar-refractivity contribution in [3.8, 4) is 0 Å². The summed E-state index contributed by atoms with van der Waals surface area (Å²) in [6.07, 6.45) is 0. The zero-order chi connectivity index (χ0) is 14.7. The van der Waals surface area contributed by atoms with E-state index in [-0.39, 0.29) is 21.1 Å². The molecule has 0 saturated heterocycles. The monoisotopic (exact) mass is 381 g/mol. The molecule has 3 nitrogen and oxygen atoms in total. The van der Waals surface area contributed by atoms with Crippen LogP contribution in [0.5, 0.6) is 0 Å². The molecule has 1 aromatic carbocycles. The van der Waals surface area contributed by atoms with Crippen molar-refractivity contribution in [3.63, 3.8) is 0 Å². The van der Waals surface area contributed by atoms with Crippen molar-refractivity contribution in [2.75, 3.05) is 12.3 Å². The maximum atomic E-state index is 13.2. The molecule has 0 fully saturated rings. The van der Waals surface area contributed by atoms with E-state index in [1.807, 2.05) is 4.72 Å². The van der Waals surface area contributed by atoms with E-state index in [1.54, 1.807) is 0 Å². The van der Waals surface area contributed by atoms with Crippen LogP contribution in [-0.2, 0) is 10.0 Å². The first kappa shape index (κ1) is 16.7. The molecule has 0 aliphatic rings. The highest BCUT2D eigenvalue weighted by atomic mass is 79.9. The van der Waals surface area contributed by atoms with Crippen molar-refractivity contribution in [2.24, 2.45) is 0 Å². The van der Waals surface area contributed by atoms with Crippen LogP contribution in [0.25, 0.3) is 0 Å². The van der Waals surface area contributed by atoms with E-state index in [0.29, 0.717) is 0 Å². The minimum atomic E-state index is -4.41. The van der Waals surface area contributed by atoms with Crippen molar-refractivity contribution < 1.29 is 26.0 Å². The summed E-state index contributed by atoms with van der Waals surface area (Å²) in [5.41, 5.74) is -4.41. The highest BCUT2D eigenvalue weighted by Crippen LogP contribution is 2.29. The molecule has 108 valence electrons. The molecule has 1 aromatic rings. The number of sulfonamides is 1. The summed E-state index contributed by atoms with van der Waals surface area (Å²) >= 11 is 2.53. The second-order valence-electron chi connectivity index (χ2n) is 3.27. The third kappa shape index (κ3) is 5.67. The quantitative estimate of drug-likeness (QED) is 0.629. The Bertz CT molecular complexity index is 548. The van der Waals surface area contributed by atoms with E-state index >= 15 is 0 Å². The van der Waals surface area contributed by atoms with E-state index < -0.39 is 33.6 Å². The zero-order valence-corrected chi connectivity index (χ0v) is 12.4. The lowest BCUT2D eigenvalue weighted by Gasteiger charge is -2.08. The van der Waals surface area contributed by atoms with Gasteiger partial charge >= 0.3 is 5.51 Å². The van der Waals surface area contributed by atoms with E-state index in [0.717, 1.165) is 12.1 Å². The summed E-state index contributed by atoms with van der Waals surface area (Å²) in [7, 11) is -4.01. The van der Waals surface area contributed by atoms with Crippen LogP contribution < -0.4 is 4.72 Å². The van der Waals surface area contributed by atoms with E-state index in [1.165, 1.54) is 6.07 Å². The van der Waals surface area contributed by atoms with E-state index in [2.05, 4.69) is 15.9 Å². The Morgan fingerprint density at radius 2 is 1.95 bits per heavy atom. The fourth-order valence-electron chi connectivity index (χ4n) is 1.07. The third-order valence-electron chi connectivity index (χ3n) is 1.86. The molecule has 0 saturated carbocycles. The largest absolute Gasteiger partial charge is 0.441 e. The van der Waals surface area contributed by atoms with Crippen LogP contribution in [0, 0.1) is 5.82 Å². The standard InChI is InChI=1S/C9H8BrF4NO2S2/c10-7-2-1-6(5-8(7)11)19(16,17)15-3-4-18-9(12,13)14/h1-2,5,15H,3-4H2. The maximum Gasteiger partial charge on any atom is 0.441 e. The van der Waals surface area contributed by atoms with Gasteiger partial charge in [0.2, 0.25) is 10.0 Å². The lowest BCUT2D eigenvalue weighted by molar-refractivity contribution is -0.0327. The Kier molecular flexibility index (Phi) is 5.65. The number of thioether (sulfide) groups is 1. The second kappa shape index (κ2) is 6.42. The number of rotatable bonds is 5. The van der Waals surface area contributed by atoms with Crippen molar-refractivity contribution in [1.29, 1.82) is 0 Å². The van der Waals surface area contributed by atoms with Crippen LogP contribution in [0.4, 0.5) is 17.6 Å². The Morgan fingerprint density at radius 3 is 2.47 bits per heavy atom. The molecule has 0 atom stereocenters. The lowest BCUT2D eigenvalue weighted by atomic mass is 10.3. The number of alkyl halides is 3. The second-order valence-corrected chi connectivity index (χ2v) is 7.05. The van der Waals surface area contributed by atoms with Gasteiger partial charge in [0, 0.05) is 12.3 Å². The summed E-state index contributed by atoms with van der Waals surface area (Å²) in [6, 6.07) is 3.13. The van der Waals surface area contributed by atoms with Crippen molar-refractivity contribution in [1.82, 2.24) is 4.72 Å². The molecule has 0 unspecified atom stereocenters. The molecule has 0 bridgehead atoms. The van der Waals surface area contributed by atoms with Gasteiger partial charge in [-0.25, -0.2) is 17.5 Å². The van der Waals surface area contributed by atoms with Gasteiger partial charge in [0.05, 0.1) is 9.37 Å². The molecule has 0 amide bonds. The minimum absolute atomic E-state index is 0.0964. The zero-order valence-electron chi connectivity index (χ0n) is 9.17. The van der Waals surface area contributed by atoms with Crippen molar-refractivity contribution in [3.05, 3.63) is 28.5 Å². The molecule has 0 spiro atoms. The average Bonchev–Trinajstić information content (AvgIpc) is 2.27. The molecule has 1 rings (SSSR count). The van der Waals surface area contributed by atoms with Crippen LogP contribution in [0.2, 0.25) is 0 Å². The molecule has 0 aromatic heterocycles. The maximum absolute atomic E-state index is 13.2. The Morgan fingerprint density at radius 1 is 1.32 bits per heavy atom. The van der Waals surface area contributed by atoms with Crippen LogP contribution in [0.3, 0.4) is 0 Å². The number of benzene rings is 1. The minimum Gasteiger partial charge on any atom is -0.210 e. The first-order chi connectivity index (χ1) is 8.62. The molecular weight excluding hydrogens is 374 g/mol. The lowest BCUT2D eigenvalue weighted by Crippen LogP contribution is -2.26. The van der Waals surface area contributed by atoms with Crippen LogP contribution >= 0.6 is 27.7 Å². The predicted octanol–water partition coefficient (Wildman–Crippen LogP) is 3.12. The summed E-state index contributed by atoms with van der Waals surface area (Å²) in [5, 5.41) is 0. The van der Waals surface area contributed by atoms with Gasteiger partial charge in [-0.2, -0.15) is 13.2 Å². The van der Waals surface area contributed by atoms with Gasteiger partial charge < -0.3 is 0 Å². The van der Waals surface area contributed by atoms with Gasteiger partial charge in [0.15, 0.2) is 0 Å². The van der Waals surface area contributed by atoms with Crippen molar-refractivity contribution >= 4 is 37.7 Å². The molecular formula is C9H8BrF4NO2S2. The van der Waals surface area contributed by atoms with Crippen LogP contribution in [-0.4, -0.2) is 26.2 Å². The SMILES string of the molecule is O=S(=O)(NCCSC(F)(F)F)c1ccc(Br)c(F)c1. The molecule has 0 heterocycles. The Balaban J connectivity index is 2.63. The molecule has 0 aliphatic heterocycles. The van der Waals surface area contributed by atoms with E-state index in [4.69, 9.17) is 0 Å². The van der Waals surface area contributed by atoms with Crippen LogP contribution in [0.1, 0.15) is 0 Å². The Hall–Kier alpha value is -0.320. The number of hydrogen-bond donors (Lipinski definition) is 1. The first-order valence-electron chi connectivity index (χ1n) is 4.77. The van der Waals surface area contributed by atoms with Gasteiger partial charge in [0.25, 0.3) is 0 Å². The van der Waals surface area contributed by atoms with E-state index in [9.17, 15) is 26.0 Å². The fraction of sp³-hybridized carbons (Fsp3) is 0.333. The summed E-state index contributed by atoms with van der Waals surface area (Å²) < 4.78 is 74.0. The molecule has 0 radical (unpaired) electrons. The van der Waals surface area contributed by atoms with Gasteiger partial charge in [0.1, 0.15) is 5.82 Å². The predicted molar refractivity (Wildman–Crippen MR) is 67.8 cm³/mol. The molecule has 0 aliphatic carbocycles. The number of halogens is 5. The third-order valence-corrected chi connectivity index (χ3v) is 4.70.